The molecule has 1 aromatic carbocycles. The van der Waals surface area contributed by atoms with E-state index in [4.69, 9.17) is 0 Å². The summed E-state index contributed by atoms with van der Waals surface area (Å²) in [4.78, 5) is 27.0. The molecule has 6 nitrogen and oxygen atoms in total. The number of halogens is 3. The van der Waals surface area contributed by atoms with Gasteiger partial charge < -0.3 is 10.1 Å². The van der Waals surface area contributed by atoms with E-state index in [2.05, 4.69) is 15.0 Å². The number of hydrogen-bond acceptors (Lipinski definition) is 5. The number of carbonyl (C=O) groups is 2. The third-order valence-electron chi connectivity index (χ3n) is 3.13. The minimum absolute atomic E-state index is 0.0463. The lowest BCUT2D eigenvalue weighted by Crippen LogP contribution is -2.31. The second kappa shape index (κ2) is 8.75. The number of aromatic nitrogens is 2. The maximum Gasteiger partial charge on any atom is 0.416 e. The number of carbonyl (C=O) groups excluding carboxylic acids is 2. The van der Waals surface area contributed by atoms with Crippen molar-refractivity contribution in [2.24, 2.45) is 0 Å². The van der Waals surface area contributed by atoms with Gasteiger partial charge >= 0.3 is 12.1 Å². The van der Waals surface area contributed by atoms with Gasteiger partial charge in [-0.2, -0.15) is 13.2 Å². The predicted octanol–water partition coefficient (Wildman–Crippen LogP) is 2.66. The number of imidazole rings is 1. The fourth-order valence-electron chi connectivity index (χ4n) is 1.99. The monoisotopic (exact) mass is 387 g/mol. The Morgan fingerprint density at radius 1 is 1.35 bits per heavy atom. The van der Waals surface area contributed by atoms with Crippen LogP contribution in [0.2, 0.25) is 0 Å². The van der Waals surface area contributed by atoms with Crippen molar-refractivity contribution in [3.63, 3.8) is 0 Å². The summed E-state index contributed by atoms with van der Waals surface area (Å²) in [6.07, 6.45) is -1.51. The number of esters is 1. The Labute approximate surface area is 151 Å². The quantitative estimate of drug-likeness (QED) is 0.584. The van der Waals surface area contributed by atoms with Crippen LogP contribution in [0.1, 0.15) is 12.5 Å². The molecule has 2 rings (SSSR count). The van der Waals surface area contributed by atoms with Crippen LogP contribution in [0.15, 0.2) is 41.8 Å². The Morgan fingerprint density at radius 3 is 2.81 bits per heavy atom. The van der Waals surface area contributed by atoms with Crippen molar-refractivity contribution in [2.75, 3.05) is 18.9 Å². The topological polar surface area (TPSA) is 73.2 Å². The van der Waals surface area contributed by atoms with E-state index in [0.717, 1.165) is 23.9 Å². The molecule has 2 aromatic rings. The first kappa shape index (κ1) is 19.8. The van der Waals surface area contributed by atoms with Crippen LogP contribution in [0.3, 0.4) is 0 Å². The molecule has 0 radical (unpaired) electrons. The molecule has 26 heavy (non-hydrogen) atoms. The first-order valence-corrected chi connectivity index (χ1v) is 8.56. The Hall–Kier alpha value is -2.49. The lowest BCUT2D eigenvalue weighted by molar-refractivity contribution is -0.143. The Balaban J connectivity index is 2.01. The van der Waals surface area contributed by atoms with E-state index >= 15 is 0 Å². The minimum atomic E-state index is -4.45. The molecule has 140 valence electrons. The average molecular weight is 387 g/mol. The second-order valence-electron chi connectivity index (χ2n) is 5.00. The average Bonchev–Trinajstić information content (AvgIpc) is 3.06. The van der Waals surface area contributed by atoms with Gasteiger partial charge in [0.1, 0.15) is 6.54 Å². The van der Waals surface area contributed by atoms with Gasteiger partial charge in [0.05, 0.1) is 17.9 Å². The zero-order chi connectivity index (χ0) is 19.2. The highest BCUT2D eigenvalue weighted by Crippen LogP contribution is 2.31. The van der Waals surface area contributed by atoms with E-state index in [0.29, 0.717) is 5.16 Å². The van der Waals surface area contributed by atoms with Crippen LogP contribution in [-0.4, -0.2) is 40.3 Å². The highest BCUT2D eigenvalue weighted by atomic mass is 32.2. The molecular weight excluding hydrogens is 371 g/mol. The molecule has 1 N–H and O–H groups in total. The third-order valence-corrected chi connectivity index (χ3v) is 4.09. The largest absolute Gasteiger partial charge is 0.465 e. The highest BCUT2D eigenvalue weighted by Gasteiger charge is 2.30. The van der Waals surface area contributed by atoms with Crippen molar-refractivity contribution >= 4 is 23.6 Å². The van der Waals surface area contributed by atoms with Gasteiger partial charge in [-0.3, -0.25) is 14.2 Å². The molecule has 0 atom stereocenters. The van der Waals surface area contributed by atoms with Crippen molar-refractivity contribution in [1.29, 1.82) is 0 Å². The molecule has 0 saturated heterocycles. The van der Waals surface area contributed by atoms with E-state index in [1.807, 2.05) is 0 Å². The van der Waals surface area contributed by atoms with Crippen LogP contribution in [0.25, 0.3) is 5.69 Å². The first-order chi connectivity index (χ1) is 12.3. The first-order valence-electron chi connectivity index (χ1n) is 7.57. The molecule has 0 unspecified atom stereocenters. The second-order valence-corrected chi connectivity index (χ2v) is 5.94. The van der Waals surface area contributed by atoms with E-state index < -0.39 is 23.6 Å². The van der Waals surface area contributed by atoms with Crippen molar-refractivity contribution < 1.29 is 27.5 Å². The molecule has 0 bridgehead atoms. The Bertz CT molecular complexity index is 777. The number of nitrogens with one attached hydrogen (secondary N) is 1. The number of hydrogen-bond donors (Lipinski definition) is 1. The molecule has 0 saturated carbocycles. The third kappa shape index (κ3) is 5.51. The smallest absolute Gasteiger partial charge is 0.416 e. The zero-order valence-corrected chi connectivity index (χ0v) is 14.6. The fraction of sp³-hybridized carbons (Fsp3) is 0.312. The van der Waals surface area contributed by atoms with Crippen LogP contribution in [0.4, 0.5) is 13.2 Å². The predicted molar refractivity (Wildman–Crippen MR) is 88.9 cm³/mol. The number of thioether (sulfide) groups is 1. The van der Waals surface area contributed by atoms with Gasteiger partial charge in [-0.05, 0) is 25.1 Å². The minimum Gasteiger partial charge on any atom is -0.465 e. The Morgan fingerprint density at radius 2 is 2.12 bits per heavy atom. The van der Waals surface area contributed by atoms with Crippen LogP contribution >= 0.6 is 11.8 Å². The maximum atomic E-state index is 12.8. The van der Waals surface area contributed by atoms with Gasteiger partial charge in [0.2, 0.25) is 5.91 Å². The summed E-state index contributed by atoms with van der Waals surface area (Å²) in [5.41, 5.74) is -0.487. The SMILES string of the molecule is CCOC(=O)CNC(=O)CSc1nccn1-c1cccc(C(F)(F)F)c1. The van der Waals surface area contributed by atoms with Crippen LogP contribution in [-0.2, 0) is 20.5 Å². The number of nitrogens with zero attached hydrogens (tertiary/aromatic N) is 2. The van der Waals surface area contributed by atoms with E-state index in [-0.39, 0.29) is 24.6 Å². The summed E-state index contributed by atoms with van der Waals surface area (Å²) in [5.74, 6) is -1.01. The van der Waals surface area contributed by atoms with Crippen LogP contribution in [0.5, 0.6) is 0 Å². The molecule has 10 heteroatoms. The lowest BCUT2D eigenvalue weighted by atomic mass is 10.2. The van der Waals surface area contributed by atoms with Crippen molar-refractivity contribution in [3.8, 4) is 5.69 Å². The van der Waals surface area contributed by atoms with Crippen LogP contribution in [0, 0.1) is 0 Å². The summed E-state index contributed by atoms with van der Waals surface area (Å²) < 4.78 is 44.7. The van der Waals surface area contributed by atoms with Gasteiger partial charge in [0, 0.05) is 18.1 Å². The fourth-order valence-corrected chi connectivity index (χ4v) is 2.79. The summed E-state index contributed by atoms with van der Waals surface area (Å²) in [7, 11) is 0. The molecule has 0 aliphatic rings. The van der Waals surface area contributed by atoms with Crippen molar-refractivity contribution in [1.82, 2.24) is 14.9 Å². The van der Waals surface area contributed by atoms with E-state index in [1.54, 1.807) is 6.92 Å². The number of amides is 1. The normalized spacial score (nSPS) is 11.2. The standard InChI is InChI=1S/C16H16F3N3O3S/c1-2-25-14(24)9-21-13(23)10-26-15-20-6-7-22(15)12-5-3-4-11(8-12)16(17,18)19/h3-8H,2,9-10H2,1H3,(H,21,23). The summed E-state index contributed by atoms with van der Waals surface area (Å²) >= 11 is 1.04. The molecule has 0 spiro atoms. The lowest BCUT2D eigenvalue weighted by Gasteiger charge is -2.11. The summed E-state index contributed by atoms with van der Waals surface area (Å²) in [6, 6.07) is 4.81. The van der Waals surface area contributed by atoms with Gasteiger partial charge in [0.15, 0.2) is 5.16 Å². The zero-order valence-electron chi connectivity index (χ0n) is 13.7. The molecule has 0 aliphatic heterocycles. The van der Waals surface area contributed by atoms with Gasteiger partial charge in [0.25, 0.3) is 0 Å². The molecule has 1 heterocycles. The highest BCUT2D eigenvalue weighted by molar-refractivity contribution is 7.99. The van der Waals surface area contributed by atoms with E-state index in [1.165, 1.54) is 29.1 Å². The van der Waals surface area contributed by atoms with Crippen molar-refractivity contribution in [2.45, 2.75) is 18.3 Å². The maximum absolute atomic E-state index is 12.8. The summed E-state index contributed by atoms with van der Waals surface area (Å²) in [5, 5.41) is 2.75. The molecule has 0 aliphatic carbocycles. The van der Waals surface area contributed by atoms with Crippen molar-refractivity contribution in [3.05, 3.63) is 42.2 Å². The molecule has 0 fully saturated rings. The van der Waals surface area contributed by atoms with Crippen LogP contribution < -0.4 is 5.32 Å². The molecule has 1 aromatic heterocycles. The Kier molecular flexibility index (Phi) is 6.67. The van der Waals surface area contributed by atoms with Gasteiger partial charge in [-0.1, -0.05) is 17.8 Å². The van der Waals surface area contributed by atoms with E-state index in [9.17, 15) is 22.8 Å². The van der Waals surface area contributed by atoms with Gasteiger partial charge in [-0.25, -0.2) is 4.98 Å². The molecular formula is C16H16F3N3O3S. The number of ether oxygens (including phenoxy) is 1. The number of benzene rings is 1. The molecule has 1 amide bonds. The summed E-state index contributed by atoms with van der Waals surface area (Å²) in [6.45, 7) is 1.64. The number of alkyl halides is 3. The number of rotatable bonds is 7. The van der Waals surface area contributed by atoms with Gasteiger partial charge in [-0.15, -0.1) is 0 Å².